The van der Waals surface area contributed by atoms with E-state index >= 15 is 0 Å². The smallest absolute Gasteiger partial charge is 0.212 e. The molecule has 0 saturated carbocycles. The molecule has 1 aliphatic heterocycles. The van der Waals surface area contributed by atoms with E-state index in [0.29, 0.717) is 17.7 Å². The number of para-hydroxylation sites is 2. The van der Waals surface area contributed by atoms with Crippen molar-refractivity contribution in [3.63, 3.8) is 0 Å². The van der Waals surface area contributed by atoms with Gasteiger partial charge in [0.1, 0.15) is 0 Å². The first-order valence-corrected chi connectivity index (χ1v) is 7.11. The highest BCUT2D eigenvalue weighted by Gasteiger charge is 2.25. The molecule has 2 aromatic carbocycles. The molecule has 0 amide bonds. The average molecular weight is 309 g/mol. The Bertz CT molecular complexity index is 931. The highest BCUT2D eigenvalue weighted by molar-refractivity contribution is 5.94. The lowest BCUT2D eigenvalue weighted by Crippen LogP contribution is -2.31. The first-order chi connectivity index (χ1) is 11.2. The Labute approximate surface area is 132 Å². The van der Waals surface area contributed by atoms with Crippen molar-refractivity contribution in [3.8, 4) is 11.5 Å². The van der Waals surface area contributed by atoms with Gasteiger partial charge in [0.2, 0.25) is 5.95 Å². The summed E-state index contributed by atoms with van der Waals surface area (Å²) >= 11 is 0. The number of phenolic OH excluding ortho intramolecular Hbond substituents is 1. The Morgan fingerprint density at radius 2 is 2.09 bits per heavy atom. The van der Waals surface area contributed by atoms with Crippen LogP contribution in [0.3, 0.4) is 0 Å². The summed E-state index contributed by atoms with van der Waals surface area (Å²) < 4.78 is 7.16. The molecule has 2 heterocycles. The number of phenols is 1. The van der Waals surface area contributed by atoms with E-state index in [2.05, 4.69) is 15.3 Å². The highest BCUT2D eigenvalue weighted by Crippen LogP contribution is 2.35. The summed E-state index contributed by atoms with van der Waals surface area (Å²) in [7, 11) is 1.51. The average Bonchev–Trinajstić information content (AvgIpc) is 2.92. The van der Waals surface area contributed by atoms with Gasteiger partial charge in [-0.25, -0.2) is 9.98 Å². The van der Waals surface area contributed by atoms with E-state index in [1.165, 1.54) is 7.11 Å². The predicted molar refractivity (Wildman–Crippen MR) is 87.8 cm³/mol. The summed E-state index contributed by atoms with van der Waals surface area (Å²) in [5.41, 5.74) is 8.55. The molecule has 0 spiro atoms. The Morgan fingerprint density at radius 1 is 1.26 bits per heavy atom. The lowest BCUT2D eigenvalue weighted by atomic mass is 10.1. The minimum atomic E-state index is -0.381. The van der Waals surface area contributed by atoms with Gasteiger partial charge in [-0.15, -0.1) is 0 Å². The quantitative estimate of drug-likeness (QED) is 0.673. The number of aromatic nitrogens is 2. The molecule has 23 heavy (non-hydrogen) atoms. The van der Waals surface area contributed by atoms with Crippen molar-refractivity contribution >= 4 is 22.9 Å². The summed E-state index contributed by atoms with van der Waals surface area (Å²) in [5.74, 6) is 1.40. The van der Waals surface area contributed by atoms with Gasteiger partial charge in [0, 0.05) is 5.56 Å². The van der Waals surface area contributed by atoms with E-state index < -0.39 is 0 Å². The molecule has 7 heteroatoms. The fourth-order valence-electron chi connectivity index (χ4n) is 2.79. The van der Waals surface area contributed by atoms with Crippen LogP contribution in [0, 0.1) is 0 Å². The number of nitrogens with one attached hydrogen (secondary N) is 1. The number of aromatic hydroxyl groups is 1. The van der Waals surface area contributed by atoms with Gasteiger partial charge in [0.05, 0.1) is 18.1 Å². The van der Waals surface area contributed by atoms with E-state index in [0.717, 1.165) is 16.6 Å². The molecule has 4 rings (SSSR count). The van der Waals surface area contributed by atoms with E-state index in [1.54, 1.807) is 18.2 Å². The number of fused-ring (bicyclic) bond motifs is 3. The van der Waals surface area contributed by atoms with Crippen LogP contribution in [0.5, 0.6) is 11.5 Å². The fraction of sp³-hybridized carbons (Fsp3) is 0.125. The van der Waals surface area contributed by atoms with Crippen molar-refractivity contribution in [3.05, 3.63) is 48.0 Å². The summed E-state index contributed by atoms with van der Waals surface area (Å²) in [4.78, 5) is 9.04. The molecule has 1 atom stereocenters. The fourth-order valence-corrected chi connectivity index (χ4v) is 2.79. The van der Waals surface area contributed by atoms with Crippen molar-refractivity contribution in [1.29, 1.82) is 0 Å². The molecule has 1 aromatic heterocycles. The van der Waals surface area contributed by atoms with Gasteiger partial charge in [-0.2, -0.15) is 0 Å². The Balaban J connectivity index is 1.93. The second-order valence-corrected chi connectivity index (χ2v) is 5.24. The SMILES string of the molecule is COc1cc(C2N=C(N)Nc3nc4ccccc4n32)ccc1O. The normalized spacial score (nSPS) is 16.6. The van der Waals surface area contributed by atoms with Crippen molar-refractivity contribution in [2.75, 3.05) is 12.4 Å². The molecular weight excluding hydrogens is 294 g/mol. The van der Waals surface area contributed by atoms with Gasteiger partial charge in [-0.3, -0.25) is 9.88 Å². The number of rotatable bonds is 2. The molecule has 3 aromatic rings. The largest absolute Gasteiger partial charge is 0.504 e. The zero-order valence-electron chi connectivity index (χ0n) is 12.4. The summed E-state index contributed by atoms with van der Waals surface area (Å²) in [6.45, 7) is 0. The number of nitrogens with zero attached hydrogens (tertiary/aromatic N) is 3. The maximum atomic E-state index is 9.80. The lowest BCUT2D eigenvalue weighted by molar-refractivity contribution is 0.372. The zero-order chi connectivity index (χ0) is 16.0. The molecule has 0 fully saturated rings. The first-order valence-electron chi connectivity index (χ1n) is 7.11. The third kappa shape index (κ3) is 2.05. The number of imidazole rings is 1. The lowest BCUT2D eigenvalue weighted by Gasteiger charge is -2.24. The number of nitrogens with two attached hydrogens (primary N) is 1. The number of anilines is 1. The Hall–Kier alpha value is -3.22. The van der Waals surface area contributed by atoms with Crippen LogP contribution in [0.1, 0.15) is 11.7 Å². The Morgan fingerprint density at radius 3 is 2.91 bits per heavy atom. The van der Waals surface area contributed by atoms with Gasteiger partial charge in [0.25, 0.3) is 0 Å². The van der Waals surface area contributed by atoms with Crippen molar-refractivity contribution in [2.45, 2.75) is 6.17 Å². The second kappa shape index (κ2) is 4.91. The highest BCUT2D eigenvalue weighted by atomic mass is 16.5. The number of ether oxygens (including phenoxy) is 1. The number of benzene rings is 2. The van der Waals surface area contributed by atoms with E-state index in [9.17, 15) is 5.11 Å². The maximum absolute atomic E-state index is 9.80. The number of methoxy groups -OCH3 is 1. The summed E-state index contributed by atoms with van der Waals surface area (Å²) in [6.07, 6.45) is -0.381. The number of aliphatic imine (C=N–C) groups is 1. The molecule has 0 radical (unpaired) electrons. The Kier molecular flexibility index (Phi) is 2.87. The zero-order valence-corrected chi connectivity index (χ0v) is 12.4. The molecule has 0 aliphatic carbocycles. The number of hydrogen-bond acceptors (Lipinski definition) is 6. The minimum absolute atomic E-state index is 0.0813. The molecule has 0 saturated heterocycles. The van der Waals surface area contributed by atoms with Crippen LogP contribution in [-0.2, 0) is 0 Å². The third-order valence-electron chi connectivity index (χ3n) is 3.84. The maximum Gasteiger partial charge on any atom is 0.212 e. The van der Waals surface area contributed by atoms with E-state index in [1.807, 2.05) is 28.8 Å². The van der Waals surface area contributed by atoms with Gasteiger partial charge in [0.15, 0.2) is 23.6 Å². The predicted octanol–water partition coefficient (Wildman–Crippen LogP) is 2.04. The molecule has 1 unspecified atom stereocenters. The van der Waals surface area contributed by atoms with Gasteiger partial charge >= 0.3 is 0 Å². The van der Waals surface area contributed by atoms with Crippen molar-refractivity contribution in [2.24, 2.45) is 10.7 Å². The van der Waals surface area contributed by atoms with Crippen LogP contribution < -0.4 is 15.8 Å². The monoisotopic (exact) mass is 309 g/mol. The van der Waals surface area contributed by atoms with Crippen molar-refractivity contribution < 1.29 is 9.84 Å². The van der Waals surface area contributed by atoms with Gasteiger partial charge in [-0.05, 0) is 24.3 Å². The van der Waals surface area contributed by atoms with E-state index in [4.69, 9.17) is 10.5 Å². The number of hydrogen-bond donors (Lipinski definition) is 3. The molecule has 116 valence electrons. The summed E-state index contributed by atoms with van der Waals surface area (Å²) in [5, 5.41) is 12.8. The summed E-state index contributed by atoms with van der Waals surface area (Å²) in [6, 6.07) is 12.9. The minimum Gasteiger partial charge on any atom is -0.504 e. The molecule has 1 aliphatic rings. The van der Waals surface area contributed by atoms with Crippen LogP contribution in [0.25, 0.3) is 11.0 Å². The van der Waals surface area contributed by atoms with Gasteiger partial charge < -0.3 is 15.6 Å². The van der Waals surface area contributed by atoms with Crippen LogP contribution in [0.15, 0.2) is 47.5 Å². The molecule has 7 nitrogen and oxygen atoms in total. The van der Waals surface area contributed by atoms with Crippen LogP contribution in [-0.4, -0.2) is 27.7 Å². The topological polar surface area (TPSA) is 97.7 Å². The van der Waals surface area contributed by atoms with Crippen LogP contribution in [0.2, 0.25) is 0 Å². The number of guanidine groups is 1. The standard InChI is InChI=1S/C16H15N5O2/c1-23-13-8-9(6-7-12(13)22)14-19-15(17)20-16-18-10-4-2-3-5-11(10)21(14)16/h2-8,14,22H,1H3,(H3,17,18,19,20). The van der Waals surface area contributed by atoms with Crippen molar-refractivity contribution in [1.82, 2.24) is 9.55 Å². The second-order valence-electron chi connectivity index (χ2n) is 5.24. The third-order valence-corrected chi connectivity index (χ3v) is 3.84. The molecular formula is C16H15N5O2. The van der Waals surface area contributed by atoms with Crippen LogP contribution in [0.4, 0.5) is 5.95 Å². The van der Waals surface area contributed by atoms with Gasteiger partial charge in [-0.1, -0.05) is 18.2 Å². The molecule has 0 bridgehead atoms. The first kappa shape index (κ1) is 13.4. The molecule has 4 N–H and O–H groups in total. The van der Waals surface area contributed by atoms with Crippen LogP contribution >= 0.6 is 0 Å². The van der Waals surface area contributed by atoms with E-state index in [-0.39, 0.29) is 11.9 Å².